The lowest BCUT2D eigenvalue weighted by Gasteiger charge is -2.23. The van der Waals surface area contributed by atoms with Crippen LogP contribution in [0.15, 0.2) is 42.5 Å². The molecule has 0 amide bonds. The minimum atomic E-state index is -1.22. The van der Waals surface area contributed by atoms with Crippen molar-refractivity contribution in [3.05, 3.63) is 53.6 Å². The van der Waals surface area contributed by atoms with Gasteiger partial charge in [-0.25, -0.2) is 0 Å². The van der Waals surface area contributed by atoms with E-state index in [2.05, 4.69) is 19.1 Å². The van der Waals surface area contributed by atoms with E-state index in [1.807, 2.05) is 37.3 Å². The molecule has 1 aromatic rings. The lowest BCUT2D eigenvalue weighted by atomic mass is 9.87. The van der Waals surface area contributed by atoms with Crippen LogP contribution in [-0.4, -0.2) is 25.2 Å². The van der Waals surface area contributed by atoms with Crippen molar-refractivity contribution in [2.24, 2.45) is 17.3 Å². The summed E-state index contributed by atoms with van der Waals surface area (Å²) in [6, 6.07) is 8.30. The first-order valence-corrected chi connectivity index (χ1v) is 8.79. The van der Waals surface area contributed by atoms with Gasteiger partial charge < -0.3 is 9.47 Å². The molecule has 0 N–H and O–H groups in total. The molecule has 0 aromatic heterocycles. The second-order valence-electron chi connectivity index (χ2n) is 7.33. The summed E-state index contributed by atoms with van der Waals surface area (Å²) in [5.41, 5.74) is 2.25. The molecule has 0 unspecified atom stereocenters. The molecule has 1 fully saturated rings. The van der Waals surface area contributed by atoms with Crippen LogP contribution in [0.3, 0.4) is 0 Å². The maximum Gasteiger partial charge on any atom is 0.325 e. The van der Waals surface area contributed by atoms with Crippen LogP contribution in [0.4, 0.5) is 0 Å². The normalized spacial score (nSPS) is 35.6. The monoisotopic (exact) mass is 338 g/mol. The van der Waals surface area contributed by atoms with E-state index in [1.54, 1.807) is 0 Å². The molecule has 1 aromatic carbocycles. The third-order valence-electron chi connectivity index (χ3n) is 5.83. The third kappa shape index (κ3) is 2.20. The largest absolute Gasteiger partial charge is 0.468 e. The zero-order valence-corrected chi connectivity index (χ0v) is 14.7. The summed E-state index contributed by atoms with van der Waals surface area (Å²) in [5.74, 6) is -1.08. The van der Waals surface area contributed by atoms with E-state index in [4.69, 9.17) is 9.47 Å². The molecule has 1 aliphatic heterocycles. The van der Waals surface area contributed by atoms with Crippen LogP contribution in [0, 0.1) is 17.3 Å². The van der Waals surface area contributed by atoms with Gasteiger partial charge in [0.1, 0.15) is 0 Å². The fraction of sp³-hybridized carbons (Fsp3) is 0.429. The number of hydrogen-bond donors (Lipinski definition) is 0. The number of benzene rings is 1. The Kier molecular flexibility index (Phi) is 3.60. The van der Waals surface area contributed by atoms with E-state index in [0.717, 1.165) is 11.1 Å². The van der Waals surface area contributed by atoms with Gasteiger partial charge in [-0.3, -0.25) is 9.59 Å². The molecule has 130 valence electrons. The SMILES string of the molecule is COC(=O)[C@]12C(=O)O[C@H](C)C[C@H](C)c3ccccc3C3=C[C@H]1[C@H]2C=C3. The average Bonchev–Trinajstić information content (AvgIpc) is 3.29. The van der Waals surface area contributed by atoms with Crippen molar-refractivity contribution < 1.29 is 19.1 Å². The van der Waals surface area contributed by atoms with Crippen molar-refractivity contribution >= 4 is 17.5 Å². The van der Waals surface area contributed by atoms with E-state index < -0.39 is 17.4 Å². The van der Waals surface area contributed by atoms with Crippen molar-refractivity contribution in [1.82, 2.24) is 0 Å². The standard InChI is InChI=1S/C21H22O4/c1-12-10-13(2)25-20(23)21(19(22)24-3)17-9-8-14(11-18(17)21)16-7-5-4-6-15(12)16/h4-9,11-13,17-18H,10H2,1-3H3/t12-,13+,17+,18-,21+/m0/s1. The van der Waals surface area contributed by atoms with E-state index in [-0.39, 0.29) is 23.9 Å². The highest BCUT2D eigenvalue weighted by molar-refractivity contribution is 6.06. The summed E-state index contributed by atoms with van der Waals surface area (Å²) >= 11 is 0. The van der Waals surface area contributed by atoms with E-state index >= 15 is 0 Å². The number of ether oxygens (including phenoxy) is 2. The van der Waals surface area contributed by atoms with Crippen molar-refractivity contribution in [1.29, 1.82) is 0 Å². The van der Waals surface area contributed by atoms with Gasteiger partial charge in [0.05, 0.1) is 13.2 Å². The van der Waals surface area contributed by atoms with Gasteiger partial charge in [0, 0.05) is 11.8 Å². The lowest BCUT2D eigenvalue weighted by molar-refractivity contribution is -0.167. The molecular formula is C21H22O4. The fourth-order valence-electron chi connectivity index (χ4n) is 4.52. The quantitative estimate of drug-likeness (QED) is 0.581. The number of rotatable bonds is 1. The number of carbonyl (C=O) groups is 2. The van der Waals surface area contributed by atoms with Crippen LogP contribution in [0.2, 0.25) is 0 Å². The Morgan fingerprint density at radius 1 is 1.24 bits per heavy atom. The molecule has 25 heavy (non-hydrogen) atoms. The molecular weight excluding hydrogens is 316 g/mol. The Labute approximate surface area is 147 Å². The Morgan fingerprint density at radius 3 is 2.76 bits per heavy atom. The van der Waals surface area contributed by atoms with Gasteiger partial charge in [0.25, 0.3) is 0 Å². The first-order valence-electron chi connectivity index (χ1n) is 8.79. The molecule has 2 aliphatic carbocycles. The Balaban J connectivity index is 1.87. The van der Waals surface area contributed by atoms with Gasteiger partial charge in [0.2, 0.25) is 0 Å². The van der Waals surface area contributed by atoms with Crippen LogP contribution >= 0.6 is 0 Å². The minimum Gasteiger partial charge on any atom is -0.468 e. The van der Waals surface area contributed by atoms with Crippen molar-refractivity contribution in [3.8, 4) is 0 Å². The highest BCUT2D eigenvalue weighted by Crippen LogP contribution is 2.64. The molecule has 5 atom stereocenters. The molecule has 2 bridgehead atoms. The molecule has 0 spiro atoms. The van der Waals surface area contributed by atoms with Crippen molar-refractivity contribution in [2.75, 3.05) is 7.11 Å². The van der Waals surface area contributed by atoms with Gasteiger partial charge in [-0.15, -0.1) is 0 Å². The van der Waals surface area contributed by atoms with Gasteiger partial charge in [-0.1, -0.05) is 49.4 Å². The van der Waals surface area contributed by atoms with E-state index in [1.165, 1.54) is 12.7 Å². The van der Waals surface area contributed by atoms with E-state index in [9.17, 15) is 9.59 Å². The molecule has 3 aliphatic rings. The van der Waals surface area contributed by atoms with Crippen molar-refractivity contribution in [2.45, 2.75) is 32.3 Å². The van der Waals surface area contributed by atoms with Crippen LogP contribution < -0.4 is 0 Å². The lowest BCUT2D eigenvalue weighted by Crippen LogP contribution is -2.34. The molecule has 0 saturated heterocycles. The van der Waals surface area contributed by atoms with Crippen LogP contribution in [0.5, 0.6) is 0 Å². The number of methoxy groups -OCH3 is 1. The number of esters is 2. The van der Waals surface area contributed by atoms with Crippen LogP contribution in [0.1, 0.15) is 37.3 Å². The zero-order valence-electron chi connectivity index (χ0n) is 14.7. The summed E-state index contributed by atoms with van der Waals surface area (Å²) in [6.07, 6.45) is 6.49. The van der Waals surface area contributed by atoms with Gasteiger partial charge in [0.15, 0.2) is 5.41 Å². The maximum absolute atomic E-state index is 12.9. The molecule has 4 rings (SSSR count). The Bertz CT molecular complexity index is 806. The van der Waals surface area contributed by atoms with Gasteiger partial charge in [-0.2, -0.15) is 0 Å². The molecule has 1 saturated carbocycles. The molecule has 4 nitrogen and oxygen atoms in total. The van der Waals surface area contributed by atoms with Crippen molar-refractivity contribution in [3.63, 3.8) is 0 Å². The third-order valence-corrected chi connectivity index (χ3v) is 5.83. The van der Waals surface area contributed by atoms with E-state index in [0.29, 0.717) is 6.42 Å². The molecule has 1 heterocycles. The first kappa shape index (κ1) is 16.1. The second kappa shape index (κ2) is 5.58. The zero-order chi connectivity index (χ0) is 17.8. The Morgan fingerprint density at radius 2 is 2.00 bits per heavy atom. The number of carbonyl (C=O) groups excluding carboxylic acids is 2. The average molecular weight is 338 g/mol. The number of allylic oxidation sites excluding steroid dienone is 4. The maximum atomic E-state index is 12.9. The highest BCUT2D eigenvalue weighted by atomic mass is 16.6. The Hall–Kier alpha value is -2.36. The summed E-state index contributed by atoms with van der Waals surface area (Å²) in [6.45, 7) is 4.04. The summed E-state index contributed by atoms with van der Waals surface area (Å²) in [4.78, 5) is 25.4. The number of cyclic esters (lactones) is 1. The summed E-state index contributed by atoms with van der Waals surface area (Å²) in [7, 11) is 1.33. The van der Waals surface area contributed by atoms with Gasteiger partial charge >= 0.3 is 11.9 Å². The second-order valence-corrected chi connectivity index (χ2v) is 7.33. The summed E-state index contributed by atoms with van der Waals surface area (Å²) in [5, 5.41) is 0. The summed E-state index contributed by atoms with van der Waals surface area (Å²) < 4.78 is 10.7. The highest BCUT2D eigenvalue weighted by Gasteiger charge is 2.75. The number of hydrogen-bond acceptors (Lipinski definition) is 4. The topological polar surface area (TPSA) is 52.6 Å². The first-order chi connectivity index (χ1) is 12.0. The predicted molar refractivity (Wildman–Crippen MR) is 93.6 cm³/mol. The predicted octanol–water partition coefficient (Wildman–Crippen LogP) is 3.48. The smallest absolute Gasteiger partial charge is 0.325 e. The van der Waals surface area contributed by atoms with Crippen LogP contribution in [0.25, 0.3) is 5.57 Å². The molecule has 0 radical (unpaired) electrons. The fourth-order valence-corrected chi connectivity index (χ4v) is 4.52. The minimum absolute atomic E-state index is 0.174. The molecule has 4 heteroatoms. The number of fused-ring (bicyclic) bond motifs is 3. The van der Waals surface area contributed by atoms with Gasteiger partial charge in [-0.05, 0) is 36.0 Å². The van der Waals surface area contributed by atoms with Crippen LogP contribution in [-0.2, 0) is 19.1 Å².